The quantitative estimate of drug-likeness (QED) is 0.874. The molecule has 1 aromatic carbocycles. The molecular weight excluding hydrogens is 242 g/mol. The Balaban J connectivity index is 2.70. The number of ether oxygens (including phenoxy) is 1. The summed E-state index contributed by atoms with van der Waals surface area (Å²) in [5, 5.41) is 8.51. The SMILES string of the molecule is O=C(O)CCc1ccc(OC(F)F)c(Cl)c1. The Morgan fingerprint density at radius 1 is 1.50 bits per heavy atom. The number of hydrogen-bond acceptors (Lipinski definition) is 2. The van der Waals surface area contributed by atoms with Crippen LogP contribution < -0.4 is 4.74 Å². The summed E-state index contributed by atoms with van der Waals surface area (Å²) in [7, 11) is 0. The third kappa shape index (κ3) is 4.02. The predicted molar refractivity (Wildman–Crippen MR) is 54.0 cm³/mol. The Kier molecular flexibility index (Phi) is 4.49. The van der Waals surface area contributed by atoms with E-state index in [2.05, 4.69) is 4.74 Å². The first-order valence-electron chi connectivity index (χ1n) is 4.44. The van der Waals surface area contributed by atoms with Crippen molar-refractivity contribution in [2.45, 2.75) is 19.5 Å². The summed E-state index contributed by atoms with van der Waals surface area (Å²) in [6, 6.07) is 4.22. The molecule has 0 aromatic heterocycles. The number of rotatable bonds is 5. The molecule has 1 aromatic rings. The number of alkyl halides is 2. The standard InChI is InChI=1S/C10H9ClF2O3/c11-7-5-6(2-4-9(14)15)1-3-8(7)16-10(12)13/h1,3,5,10H,2,4H2,(H,14,15). The number of carboxylic acid groups (broad SMARTS) is 1. The second-order valence-corrected chi connectivity index (χ2v) is 3.44. The summed E-state index contributed by atoms with van der Waals surface area (Å²) in [4.78, 5) is 10.3. The highest BCUT2D eigenvalue weighted by atomic mass is 35.5. The third-order valence-electron chi connectivity index (χ3n) is 1.84. The van der Waals surface area contributed by atoms with E-state index >= 15 is 0 Å². The monoisotopic (exact) mass is 250 g/mol. The van der Waals surface area contributed by atoms with Crippen LogP contribution in [0.4, 0.5) is 8.78 Å². The third-order valence-corrected chi connectivity index (χ3v) is 2.14. The Morgan fingerprint density at radius 2 is 2.19 bits per heavy atom. The van der Waals surface area contributed by atoms with Gasteiger partial charge in [-0.2, -0.15) is 8.78 Å². The largest absolute Gasteiger partial charge is 0.481 e. The van der Waals surface area contributed by atoms with Gasteiger partial charge in [0.1, 0.15) is 5.75 Å². The molecular formula is C10H9ClF2O3. The minimum absolute atomic E-state index is 0.0363. The highest BCUT2D eigenvalue weighted by Gasteiger charge is 2.09. The number of hydrogen-bond donors (Lipinski definition) is 1. The van der Waals surface area contributed by atoms with E-state index < -0.39 is 12.6 Å². The molecule has 0 aliphatic carbocycles. The molecule has 0 bridgehead atoms. The normalized spacial score (nSPS) is 10.5. The lowest BCUT2D eigenvalue weighted by molar-refractivity contribution is -0.136. The zero-order valence-electron chi connectivity index (χ0n) is 8.12. The summed E-state index contributed by atoms with van der Waals surface area (Å²) in [5.74, 6) is -1.04. The van der Waals surface area contributed by atoms with E-state index in [0.717, 1.165) is 0 Å². The average Bonchev–Trinajstić information content (AvgIpc) is 2.18. The van der Waals surface area contributed by atoms with Gasteiger partial charge in [0.15, 0.2) is 0 Å². The minimum Gasteiger partial charge on any atom is -0.481 e. The van der Waals surface area contributed by atoms with E-state index in [1.165, 1.54) is 18.2 Å². The molecule has 0 saturated heterocycles. The van der Waals surface area contributed by atoms with Crippen molar-refractivity contribution in [3.8, 4) is 5.75 Å². The minimum atomic E-state index is -2.93. The van der Waals surface area contributed by atoms with E-state index in [1.807, 2.05) is 0 Å². The predicted octanol–water partition coefficient (Wildman–Crippen LogP) is 2.96. The van der Waals surface area contributed by atoms with Crippen molar-refractivity contribution in [3.63, 3.8) is 0 Å². The average molecular weight is 251 g/mol. The molecule has 0 aliphatic rings. The molecule has 6 heteroatoms. The van der Waals surface area contributed by atoms with Gasteiger partial charge < -0.3 is 9.84 Å². The molecule has 1 N–H and O–H groups in total. The molecule has 88 valence electrons. The lowest BCUT2D eigenvalue weighted by atomic mass is 10.1. The number of carboxylic acids is 1. The summed E-state index contributed by atoms with van der Waals surface area (Å²) in [6.07, 6.45) is 0.259. The van der Waals surface area contributed by atoms with Crippen molar-refractivity contribution in [1.82, 2.24) is 0 Å². The van der Waals surface area contributed by atoms with Crippen molar-refractivity contribution in [2.24, 2.45) is 0 Å². The van der Waals surface area contributed by atoms with Gasteiger partial charge in [0, 0.05) is 6.42 Å². The fourth-order valence-electron chi connectivity index (χ4n) is 1.14. The fraction of sp³-hybridized carbons (Fsp3) is 0.300. The van der Waals surface area contributed by atoms with Crippen molar-refractivity contribution >= 4 is 17.6 Å². The Hall–Kier alpha value is -1.36. The van der Waals surface area contributed by atoms with Gasteiger partial charge in [-0.25, -0.2) is 0 Å². The summed E-state index contributed by atoms with van der Waals surface area (Å²) < 4.78 is 27.9. The van der Waals surface area contributed by atoms with Crippen LogP contribution in [-0.4, -0.2) is 17.7 Å². The van der Waals surface area contributed by atoms with Gasteiger partial charge in [-0.1, -0.05) is 17.7 Å². The van der Waals surface area contributed by atoms with E-state index in [0.29, 0.717) is 12.0 Å². The van der Waals surface area contributed by atoms with Crippen LogP contribution in [0.3, 0.4) is 0 Å². The van der Waals surface area contributed by atoms with E-state index in [-0.39, 0.29) is 17.2 Å². The molecule has 0 amide bonds. The summed E-state index contributed by atoms with van der Waals surface area (Å²) in [6.45, 7) is -2.93. The smallest absolute Gasteiger partial charge is 0.387 e. The molecule has 0 heterocycles. The topological polar surface area (TPSA) is 46.5 Å². The van der Waals surface area contributed by atoms with Crippen LogP contribution in [0.5, 0.6) is 5.75 Å². The molecule has 3 nitrogen and oxygen atoms in total. The lowest BCUT2D eigenvalue weighted by Gasteiger charge is -2.07. The first-order chi connectivity index (χ1) is 7.49. The molecule has 0 atom stereocenters. The maximum atomic E-state index is 11.9. The van der Waals surface area contributed by atoms with Crippen molar-refractivity contribution < 1.29 is 23.4 Å². The van der Waals surface area contributed by atoms with Crippen LogP contribution in [-0.2, 0) is 11.2 Å². The van der Waals surface area contributed by atoms with Crippen LogP contribution in [0.2, 0.25) is 5.02 Å². The number of halogens is 3. The van der Waals surface area contributed by atoms with Gasteiger partial charge >= 0.3 is 12.6 Å². The Labute approximate surface area is 95.6 Å². The fourth-order valence-corrected chi connectivity index (χ4v) is 1.39. The summed E-state index contributed by atoms with van der Waals surface area (Å²) in [5.41, 5.74) is 0.661. The van der Waals surface area contributed by atoms with Gasteiger partial charge in [0.25, 0.3) is 0 Å². The van der Waals surface area contributed by atoms with Crippen LogP contribution in [0.25, 0.3) is 0 Å². The van der Waals surface area contributed by atoms with Crippen LogP contribution in [0.1, 0.15) is 12.0 Å². The number of aliphatic carboxylic acids is 1. The van der Waals surface area contributed by atoms with Gasteiger partial charge in [0.2, 0.25) is 0 Å². The molecule has 0 aliphatic heterocycles. The van der Waals surface area contributed by atoms with Crippen LogP contribution >= 0.6 is 11.6 Å². The van der Waals surface area contributed by atoms with Gasteiger partial charge in [-0.15, -0.1) is 0 Å². The first kappa shape index (κ1) is 12.7. The summed E-state index contributed by atoms with van der Waals surface area (Å²) >= 11 is 5.68. The Morgan fingerprint density at radius 3 is 2.69 bits per heavy atom. The Bertz CT molecular complexity index is 382. The van der Waals surface area contributed by atoms with E-state index in [4.69, 9.17) is 16.7 Å². The molecule has 1 rings (SSSR count). The second kappa shape index (κ2) is 5.65. The number of benzene rings is 1. The highest BCUT2D eigenvalue weighted by Crippen LogP contribution is 2.27. The number of carbonyl (C=O) groups is 1. The molecule has 0 unspecified atom stereocenters. The highest BCUT2D eigenvalue weighted by molar-refractivity contribution is 6.32. The van der Waals surface area contributed by atoms with Crippen LogP contribution in [0, 0.1) is 0 Å². The van der Waals surface area contributed by atoms with Crippen molar-refractivity contribution in [2.75, 3.05) is 0 Å². The van der Waals surface area contributed by atoms with Crippen LogP contribution in [0.15, 0.2) is 18.2 Å². The van der Waals surface area contributed by atoms with Gasteiger partial charge in [-0.3, -0.25) is 4.79 Å². The maximum Gasteiger partial charge on any atom is 0.387 e. The van der Waals surface area contributed by atoms with E-state index in [1.54, 1.807) is 0 Å². The zero-order chi connectivity index (χ0) is 12.1. The first-order valence-corrected chi connectivity index (χ1v) is 4.82. The van der Waals surface area contributed by atoms with Gasteiger partial charge in [0.05, 0.1) is 5.02 Å². The molecule has 0 spiro atoms. The second-order valence-electron chi connectivity index (χ2n) is 3.04. The van der Waals surface area contributed by atoms with Crippen molar-refractivity contribution in [1.29, 1.82) is 0 Å². The van der Waals surface area contributed by atoms with E-state index in [9.17, 15) is 13.6 Å². The molecule has 0 saturated carbocycles. The zero-order valence-corrected chi connectivity index (χ0v) is 8.88. The molecule has 0 fully saturated rings. The molecule has 16 heavy (non-hydrogen) atoms. The lowest BCUT2D eigenvalue weighted by Crippen LogP contribution is -2.03. The number of aryl methyl sites for hydroxylation is 1. The van der Waals surface area contributed by atoms with Gasteiger partial charge in [-0.05, 0) is 24.1 Å². The van der Waals surface area contributed by atoms with Crippen molar-refractivity contribution in [3.05, 3.63) is 28.8 Å². The maximum absolute atomic E-state index is 11.9. The molecule has 0 radical (unpaired) electrons.